The molecule has 2 N–H and O–H groups in total. The molecule has 1 amide bonds. The largest absolute Gasteiger partial charge is 0.480 e. The number of carboxylic acids is 1. The SMILES string of the molecule is Cc1cccnc1C(=O)NC1(C(=O)O)CCOCC1. The molecule has 1 aliphatic heterocycles. The van der Waals surface area contributed by atoms with Crippen molar-refractivity contribution in [3.8, 4) is 0 Å². The van der Waals surface area contributed by atoms with Gasteiger partial charge in [-0.15, -0.1) is 0 Å². The van der Waals surface area contributed by atoms with Crippen LogP contribution in [0.1, 0.15) is 28.9 Å². The van der Waals surface area contributed by atoms with Crippen LogP contribution < -0.4 is 5.32 Å². The number of aliphatic carboxylic acids is 1. The Hall–Kier alpha value is -1.95. The first-order valence-electron chi connectivity index (χ1n) is 6.10. The van der Waals surface area contributed by atoms with E-state index < -0.39 is 17.4 Å². The summed E-state index contributed by atoms with van der Waals surface area (Å²) in [7, 11) is 0. The van der Waals surface area contributed by atoms with E-state index >= 15 is 0 Å². The number of nitrogens with one attached hydrogen (secondary N) is 1. The highest BCUT2D eigenvalue weighted by Gasteiger charge is 2.42. The summed E-state index contributed by atoms with van der Waals surface area (Å²) in [4.78, 5) is 27.6. The molecule has 1 aromatic rings. The van der Waals surface area contributed by atoms with Crippen LogP contribution in [0.2, 0.25) is 0 Å². The molecule has 0 saturated carbocycles. The third kappa shape index (κ3) is 2.73. The average molecular weight is 264 g/mol. The van der Waals surface area contributed by atoms with Crippen LogP contribution in [0.3, 0.4) is 0 Å². The van der Waals surface area contributed by atoms with Crippen molar-refractivity contribution in [2.24, 2.45) is 0 Å². The monoisotopic (exact) mass is 264 g/mol. The number of rotatable bonds is 3. The lowest BCUT2D eigenvalue weighted by atomic mass is 9.90. The molecule has 2 rings (SSSR count). The van der Waals surface area contributed by atoms with Crippen molar-refractivity contribution in [1.82, 2.24) is 10.3 Å². The molecule has 0 atom stereocenters. The highest BCUT2D eigenvalue weighted by atomic mass is 16.5. The van der Waals surface area contributed by atoms with Gasteiger partial charge in [0.15, 0.2) is 0 Å². The van der Waals surface area contributed by atoms with E-state index in [0.717, 1.165) is 0 Å². The Kier molecular flexibility index (Phi) is 3.80. The predicted molar refractivity (Wildman–Crippen MR) is 66.9 cm³/mol. The Morgan fingerprint density at radius 1 is 1.42 bits per heavy atom. The minimum atomic E-state index is -1.25. The zero-order valence-electron chi connectivity index (χ0n) is 10.7. The molecule has 102 valence electrons. The van der Waals surface area contributed by atoms with Gasteiger partial charge in [0.1, 0.15) is 11.2 Å². The molecule has 2 heterocycles. The molecule has 1 aliphatic rings. The van der Waals surface area contributed by atoms with Crippen molar-refractivity contribution in [3.05, 3.63) is 29.6 Å². The molecule has 19 heavy (non-hydrogen) atoms. The predicted octanol–water partition coefficient (Wildman–Crippen LogP) is 0.754. The molecule has 0 aromatic carbocycles. The first-order valence-corrected chi connectivity index (χ1v) is 6.10. The molecule has 0 bridgehead atoms. The van der Waals surface area contributed by atoms with Crippen molar-refractivity contribution in [3.63, 3.8) is 0 Å². The average Bonchev–Trinajstić information content (AvgIpc) is 2.40. The molecule has 1 aromatic heterocycles. The lowest BCUT2D eigenvalue weighted by Crippen LogP contribution is -2.57. The lowest BCUT2D eigenvalue weighted by molar-refractivity contribution is -0.148. The lowest BCUT2D eigenvalue weighted by Gasteiger charge is -2.33. The number of nitrogens with zero attached hydrogens (tertiary/aromatic N) is 1. The molecule has 0 spiro atoms. The molecule has 1 saturated heterocycles. The van der Waals surface area contributed by atoms with Gasteiger partial charge in [-0.3, -0.25) is 9.78 Å². The van der Waals surface area contributed by atoms with E-state index in [0.29, 0.717) is 18.8 Å². The Labute approximate surface area is 110 Å². The first kappa shape index (κ1) is 13.5. The fourth-order valence-electron chi connectivity index (χ4n) is 2.11. The Morgan fingerprint density at radius 3 is 2.68 bits per heavy atom. The smallest absolute Gasteiger partial charge is 0.329 e. The van der Waals surface area contributed by atoms with Crippen LogP contribution in [0.15, 0.2) is 18.3 Å². The number of aryl methyl sites for hydroxylation is 1. The number of carbonyl (C=O) groups excluding carboxylic acids is 1. The molecule has 1 fully saturated rings. The minimum absolute atomic E-state index is 0.259. The summed E-state index contributed by atoms with van der Waals surface area (Å²) < 4.78 is 5.16. The Morgan fingerprint density at radius 2 is 2.11 bits per heavy atom. The van der Waals surface area contributed by atoms with Crippen LogP contribution in [0.25, 0.3) is 0 Å². The number of carboxylic acid groups (broad SMARTS) is 1. The van der Waals surface area contributed by atoms with E-state index in [1.165, 1.54) is 6.20 Å². The fraction of sp³-hybridized carbons (Fsp3) is 0.462. The number of hydrogen-bond acceptors (Lipinski definition) is 4. The van der Waals surface area contributed by atoms with Gasteiger partial charge in [-0.05, 0) is 18.6 Å². The van der Waals surface area contributed by atoms with Crippen molar-refractivity contribution >= 4 is 11.9 Å². The number of amides is 1. The van der Waals surface area contributed by atoms with Crippen LogP contribution in [0.4, 0.5) is 0 Å². The van der Waals surface area contributed by atoms with Crippen LogP contribution >= 0.6 is 0 Å². The second-order valence-electron chi connectivity index (χ2n) is 4.62. The third-order valence-electron chi connectivity index (χ3n) is 3.33. The van der Waals surface area contributed by atoms with Gasteiger partial charge >= 0.3 is 5.97 Å². The quantitative estimate of drug-likeness (QED) is 0.841. The zero-order valence-corrected chi connectivity index (χ0v) is 10.7. The second-order valence-corrected chi connectivity index (χ2v) is 4.62. The number of aromatic nitrogens is 1. The maximum absolute atomic E-state index is 12.2. The van der Waals surface area contributed by atoms with Crippen molar-refractivity contribution in [1.29, 1.82) is 0 Å². The highest BCUT2D eigenvalue weighted by molar-refractivity contribution is 5.97. The molecule has 6 heteroatoms. The summed E-state index contributed by atoms with van der Waals surface area (Å²) in [5.74, 6) is -1.49. The van der Waals surface area contributed by atoms with Gasteiger partial charge < -0.3 is 15.2 Å². The summed E-state index contributed by atoms with van der Waals surface area (Å²) in [6.45, 7) is 2.42. The summed E-state index contributed by atoms with van der Waals surface area (Å²) in [5.41, 5.74) is -0.276. The standard InChI is InChI=1S/C13H16N2O4/c1-9-3-2-6-14-10(9)11(16)15-13(12(17)18)4-7-19-8-5-13/h2-3,6H,4-5,7-8H2,1H3,(H,15,16)(H,17,18). The molecule has 0 aliphatic carbocycles. The summed E-state index contributed by atoms with van der Waals surface area (Å²) in [5, 5.41) is 12.0. The van der Waals surface area contributed by atoms with Gasteiger partial charge in [-0.25, -0.2) is 4.79 Å². The van der Waals surface area contributed by atoms with Crippen LogP contribution in [-0.2, 0) is 9.53 Å². The van der Waals surface area contributed by atoms with Crippen LogP contribution in [0.5, 0.6) is 0 Å². The van der Waals surface area contributed by atoms with Gasteiger partial charge in [0, 0.05) is 32.3 Å². The van der Waals surface area contributed by atoms with E-state index in [1.54, 1.807) is 19.1 Å². The number of hydrogen-bond donors (Lipinski definition) is 2. The maximum Gasteiger partial charge on any atom is 0.329 e. The Balaban J connectivity index is 2.20. The van der Waals surface area contributed by atoms with Crippen molar-refractivity contribution < 1.29 is 19.4 Å². The van der Waals surface area contributed by atoms with Crippen LogP contribution in [0, 0.1) is 6.92 Å². The summed E-state index contributed by atoms with van der Waals surface area (Å²) in [6.07, 6.45) is 2.04. The fourth-order valence-corrected chi connectivity index (χ4v) is 2.11. The van der Waals surface area contributed by atoms with E-state index in [1.807, 2.05) is 0 Å². The number of pyridine rings is 1. The topological polar surface area (TPSA) is 88.5 Å². The molecular weight excluding hydrogens is 248 g/mol. The van der Waals surface area contributed by atoms with Gasteiger partial charge in [0.05, 0.1) is 0 Å². The van der Waals surface area contributed by atoms with Crippen molar-refractivity contribution in [2.45, 2.75) is 25.3 Å². The van der Waals surface area contributed by atoms with Crippen LogP contribution in [-0.4, -0.2) is 40.7 Å². The summed E-state index contributed by atoms with van der Waals surface area (Å²) in [6, 6.07) is 3.49. The molecular formula is C13H16N2O4. The van der Waals surface area contributed by atoms with E-state index in [-0.39, 0.29) is 18.5 Å². The molecule has 0 unspecified atom stereocenters. The third-order valence-corrected chi connectivity index (χ3v) is 3.33. The second kappa shape index (κ2) is 5.36. The van der Waals surface area contributed by atoms with Gasteiger partial charge in [-0.2, -0.15) is 0 Å². The highest BCUT2D eigenvalue weighted by Crippen LogP contribution is 2.22. The first-order chi connectivity index (χ1) is 9.05. The van der Waals surface area contributed by atoms with Gasteiger partial charge in [-0.1, -0.05) is 6.07 Å². The van der Waals surface area contributed by atoms with E-state index in [4.69, 9.17) is 4.74 Å². The van der Waals surface area contributed by atoms with E-state index in [9.17, 15) is 14.7 Å². The maximum atomic E-state index is 12.2. The zero-order chi connectivity index (χ0) is 13.9. The van der Waals surface area contributed by atoms with Gasteiger partial charge in [0.25, 0.3) is 5.91 Å². The van der Waals surface area contributed by atoms with Crippen molar-refractivity contribution in [2.75, 3.05) is 13.2 Å². The summed E-state index contributed by atoms with van der Waals surface area (Å²) >= 11 is 0. The number of ether oxygens (including phenoxy) is 1. The normalized spacial score (nSPS) is 17.7. The number of carbonyl (C=O) groups is 2. The van der Waals surface area contributed by atoms with Gasteiger partial charge in [0.2, 0.25) is 0 Å². The minimum Gasteiger partial charge on any atom is -0.480 e. The molecule has 6 nitrogen and oxygen atoms in total. The Bertz CT molecular complexity index is 495. The molecule has 0 radical (unpaired) electrons. The van der Waals surface area contributed by atoms with E-state index in [2.05, 4.69) is 10.3 Å².